The molecule has 7 heteroatoms. The van der Waals surface area contributed by atoms with Crippen molar-refractivity contribution in [2.24, 2.45) is 0 Å². The molecule has 7 nitrogen and oxygen atoms in total. The van der Waals surface area contributed by atoms with E-state index in [-0.39, 0.29) is 12.0 Å². The van der Waals surface area contributed by atoms with Crippen LogP contribution in [0.5, 0.6) is 0 Å². The van der Waals surface area contributed by atoms with E-state index in [2.05, 4.69) is 19.9 Å². The van der Waals surface area contributed by atoms with E-state index in [9.17, 15) is 4.79 Å². The number of ether oxygens (including phenoxy) is 1. The molecule has 1 saturated heterocycles. The van der Waals surface area contributed by atoms with Crippen LogP contribution in [-0.4, -0.2) is 50.4 Å². The van der Waals surface area contributed by atoms with Crippen LogP contribution < -0.4 is 0 Å². The number of nitrogens with zero attached hydrogens (tertiary/aromatic N) is 5. The second-order valence-electron chi connectivity index (χ2n) is 5.18. The van der Waals surface area contributed by atoms with Gasteiger partial charge in [-0.15, -0.1) is 0 Å². The quantitative estimate of drug-likeness (QED) is 0.826. The molecule has 1 amide bonds. The van der Waals surface area contributed by atoms with Gasteiger partial charge >= 0.3 is 0 Å². The lowest BCUT2D eigenvalue weighted by Crippen LogP contribution is -2.42. The summed E-state index contributed by atoms with van der Waals surface area (Å²) in [6.07, 6.45) is 4.30. The molecule has 2 aromatic heterocycles. The third-order valence-corrected chi connectivity index (χ3v) is 3.45. The summed E-state index contributed by atoms with van der Waals surface area (Å²) < 4.78 is 5.77. The standard InChI is InChI=1S/C15H17N5O2/c1-10-7-12(19-11(2)18-10)14-9-20(5-6-22-14)15(21)13-8-16-3-4-17-13/h3-4,7-8,14H,5-6,9H2,1-2H3. The molecule has 0 bridgehead atoms. The highest BCUT2D eigenvalue weighted by Gasteiger charge is 2.28. The average molecular weight is 299 g/mol. The molecule has 1 unspecified atom stereocenters. The molecular weight excluding hydrogens is 282 g/mol. The van der Waals surface area contributed by atoms with E-state index >= 15 is 0 Å². The molecule has 0 radical (unpaired) electrons. The van der Waals surface area contributed by atoms with Crippen molar-refractivity contribution in [3.8, 4) is 0 Å². The largest absolute Gasteiger partial charge is 0.368 e. The van der Waals surface area contributed by atoms with Crippen molar-refractivity contribution >= 4 is 5.91 Å². The Bertz CT molecular complexity index is 657. The lowest BCUT2D eigenvalue weighted by molar-refractivity contribution is -0.0250. The fraction of sp³-hybridized carbons (Fsp3) is 0.400. The molecule has 0 spiro atoms. The number of morpholine rings is 1. The Kier molecular flexibility index (Phi) is 4.06. The number of carbonyl (C=O) groups excluding carboxylic acids is 1. The smallest absolute Gasteiger partial charge is 0.274 e. The average Bonchev–Trinajstić information content (AvgIpc) is 2.54. The van der Waals surface area contributed by atoms with Crippen LogP contribution >= 0.6 is 0 Å². The second kappa shape index (κ2) is 6.15. The van der Waals surface area contributed by atoms with Gasteiger partial charge in [0.1, 0.15) is 17.6 Å². The highest BCUT2D eigenvalue weighted by Crippen LogP contribution is 2.22. The van der Waals surface area contributed by atoms with E-state index < -0.39 is 0 Å². The van der Waals surface area contributed by atoms with Crippen molar-refractivity contribution in [1.29, 1.82) is 0 Å². The third kappa shape index (κ3) is 3.09. The van der Waals surface area contributed by atoms with Gasteiger partial charge in [-0.1, -0.05) is 0 Å². The molecule has 2 aromatic rings. The Balaban J connectivity index is 1.78. The maximum Gasteiger partial charge on any atom is 0.274 e. The van der Waals surface area contributed by atoms with Crippen LogP contribution in [-0.2, 0) is 4.74 Å². The summed E-state index contributed by atoms with van der Waals surface area (Å²) in [5.74, 6) is 0.569. The topological polar surface area (TPSA) is 81.1 Å². The van der Waals surface area contributed by atoms with Crippen LogP contribution in [0.2, 0.25) is 0 Å². The lowest BCUT2D eigenvalue weighted by atomic mass is 10.1. The van der Waals surface area contributed by atoms with Crippen LogP contribution in [0.1, 0.15) is 33.8 Å². The molecular formula is C15H17N5O2. The van der Waals surface area contributed by atoms with Gasteiger partial charge in [-0.2, -0.15) is 0 Å². The minimum absolute atomic E-state index is 0.135. The minimum atomic E-state index is -0.241. The monoisotopic (exact) mass is 299 g/mol. The Hall–Kier alpha value is -2.41. The van der Waals surface area contributed by atoms with Gasteiger partial charge in [0.15, 0.2) is 0 Å². The number of rotatable bonds is 2. The van der Waals surface area contributed by atoms with Gasteiger partial charge in [0.25, 0.3) is 5.91 Å². The maximum atomic E-state index is 12.4. The Morgan fingerprint density at radius 2 is 2.18 bits per heavy atom. The van der Waals surface area contributed by atoms with E-state index in [1.54, 1.807) is 11.1 Å². The molecule has 1 atom stereocenters. The molecule has 22 heavy (non-hydrogen) atoms. The first kappa shape index (κ1) is 14.5. The molecule has 0 aliphatic carbocycles. The van der Waals surface area contributed by atoms with E-state index in [1.165, 1.54) is 12.4 Å². The van der Waals surface area contributed by atoms with E-state index in [4.69, 9.17) is 4.74 Å². The first-order valence-corrected chi connectivity index (χ1v) is 7.12. The van der Waals surface area contributed by atoms with Gasteiger partial charge in [0.2, 0.25) is 0 Å². The lowest BCUT2D eigenvalue weighted by Gasteiger charge is -2.32. The Morgan fingerprint density at radius 3 is 2.91 bits per heavy atom. The predicted molar refractivity (Wildman–Crippen MR) is 78.1 cm³/mol. The number of carbonyl (C=O) groups is 1. The SMILES string of the molecule is Cc1cc(C2CN(C(=O)c3cnccn3)CCO2)nc(C)n1. The van der Waals surface area contributed by atoms with Crippen LogP contribution in [0.4, 0.5) is 0 Å². The number of aryl methyl sites for hydroxylation is 2. The summed E-state index contributed by atoms with van der Waals surface area (Å²) in [5, 5.41) is 0. The molecule has 1 aliphatic rings. The van der Waals surface area contributed by atoms with Crippen molar-refractivity contribution in [3.05, 3.63) is 47.6 Å². The van der Waals surface area contributed by atoms with Crippen LogP contribution in [0.25, 0.3) is 0 Å². The van der Waals surface area contributed by atoms with E-state index in [0.29, 0.717) is 31.2 Å². The van der Waals surface area contributed by atoms with Crippen molar-refractivity contribution in [1.82, 2.24) is 24.8 Å². The van der Waals surface area contributed by atoms with Crippen LogP contribution in [0.3, 0.4) is 0 Å². The molecule has 0 N–H and O–H groups in total. The number of aromatic nitrogens is 4. The third-order valence-electron chi connectivity index (χ3n) is 3.45. The zero-order chi connectivity index (χ0) is 15.5. The molecule has 1 aliphatic heterocycles. The Morgan fingerprint density at radius 1 is 1.32 bits per heavy atom. The molecule has 1 fully saturated rings. The highest BCUT2D eigenvalue weighted by atomic mass is 16.5. The summed E-state index contributed by atoms with van der Waals surface area (Å²) >= 11 is 0. The van der Waals surface area contributed by atoms with Gasteiger partial charge in [-0.25, -0.2) is 15.0 Å². The summed E-state index contributed by atoms with van der Waals surface area (Å²) in [6.45, 7) is 5.23. The summed E-state index contributed by atoms with van der Waals surface area (Å²) in [4.78, 5) is 30.9. The van der Waals surface area contributed by atoms with E-state index in [1.807, 2.05) is 19.9 Å². The first-order valence-electron chi connectivity index (χ1n) is 7.12. The second-order valence-corrected chi connectivity index (χ2v) is 5.18. The van der Waals surface area contributed by atoms with E-state index in [0.717, 1.165) is 11.4 Å². The molecule has 0 saturated carbocycles. The predicted octanol–water partition coefficient (Wildman–Crippen LogP) is 1.10. The zero-order valence-corrected chi connectivity index (χ0v) is 12.6. The van der Waals surface area contributed by atoms with Gasteiger partial charge in [0.05, 0.1) is 25.0 Å². The summed E-state index contributed by atoms with van der Waals surface area (Å²) in [6, 6.07) is 1.90. The fourth-order valence-electron chi connectivity index (χ4n) is 2.49. The first-order chi connectivity index (χ1) is 10.6. The number of hydrogen-bond acceptors (Lipinski definition) is 6. The van der Waals surface area contributed by atoms with Crippen molar-refractivity contribution in [3.63, 3.8) is 0 Å². The van der Waals surface area contributed by atoms with Gasteiger partial charge in [-0.05, 0) is 19.9 Å². The Labute approximate surface area is 128 Å². The fourth-order valence-corrected chi connectivity index (χ4v) is 2.49. The molecule has 0 aromatic carbocycles. The molecule has 3 heterocycles. The normalized spacial score (nSPS) is 18.3. The number of amides is 1. The summed E-state index contributed by atoms with van der Waals surface area (Å²) in [7, 11) is 0. The van der Waals surface area contributed by atoms with Gasteiger partial charge in [-0.3, -0.25) is 9.78 Å². The zero-order valence-electron chi connectivity index (χ0n) is 12.6. The van der Waals surface area contributed by atoms with Gasteiger partial charge in [0, 0.05) is 24.6 Å². The van der Waals surface area contributed by atoms with Gasteiger partial charge < -0.3 is 9.64 Å². The molecule has 3 rings (SSSR count). The van der Waals surface area contributed by atoms with Crippen molar-refractivity contribution < 1.29 is 9.53 Å². The minimum Gasteiger partial charge on any atom is -0.368 e. The molecule has 114 valence electrons. The van der Waals surface area contributed by atoms with Crippen molar-refractivity contribution in [2.75, 3.05) is 19.7 Å². The van der Waals surface area contributed by atoms with Crippen LogP contribution in [0.15, 0.2) is 24.7 Å². The van der Waals surface area contributed by atoms with Crippen LogP contribution in [0, 0.1) is 13.8 Å². The summed E-state index contributed by atoms with van der Waals surface area (Å²) in [5.41, 5.74) is 2.04. The van der Waals surface area contributed by atoms with Crippen molar-refractivity contribution in [2.45, 2.75) is 20.0 Å². The maximum absolute atomic E-state index is 12.4. The number of hydrogen-bond donors (Lipinski definition) is 0. The highest BCUT2D eigenvalue weighted by molar-refractivity contribution is 5.92.